The van der Waals surface area contributed by atoms with Gasteiger partial charge in [-0.2, -0.15) is 5.10 Å². The molecular weight excluding hydrogens is 428 g/mol. The van der Waals surface area contributed by atoms with Crippen LogP contribution in [-0.2, 0) is 13.0 Å². The summed E-state index contributed by atoms with van der Waals surface area (Å²) >= 11 is 0. The van der Waals surface area contributed by atoms with E-state index in [1.165, 1.54) is 11.1 Å². The molecule has 3 aliphatic rings. The zero-order valence-electron chi connectivity index (χ0n) is 19.4. The molecule has 2 aliphatic heterocycles. The molecule has 1 aromatic carbocycles. The van der Waals surface area contributed by atoms with E-state index in [2.05, 4.69) is 44.2 Å². The molecule has 0 unspecified atom stereocenters. The van der Waals surface area contributed by atoms with Gasteiger partial charge in [-0.15, -0.1) is 0 Å². The maximum Gasteiger partial charge on any atom is 0.281 e. The lowest BCUT2D eigenvalue weighted by molar-refractivity contribution is 0.0977. The van der Waals surface area contributed by atoms with Crippen LogP contribution in [0.3, 0.4) is 0 Å². The predicted octanol–water partition coefficient (Wildman–Crippen LogP) is 2.46. The number of nitrogens with two attached hydrogens (primary N) is 2. The molecule has 2 aromatic heterocycles. The molecule has 9 nitrogen and oxygen atoms in total. The van der Waals surface area contributed by atoms with E-state index in [0.29, 0.717) is 12.4 Å². The van der Waals surface area contributed by atoms with E-state index < -0.39 is 0 Å². The van der Waals surface area contributed by atoms with Gasteiger partial charge in [-0.25, -0.2) is 14.6 Å². The molecule has 1 fully saturated rings. The summed E-state index contributed by atoms with van der Waals surface area (Å²) in [5, 5.41) is 4.46. The first-order chi connectivity index (χ1) is 16.4. The van der Waals surface area contributed by atoms with E-state index in [4.69, 9.17) is 11.5 Å². The average molecular weight is 459 g/mol. The smallest absolute Gasteiger partial charge is 0.281 e. The molecule has 0 saturated carbocycles. The molecule has 9 heteroatoms. The molecule has 6 rings (SSSR count). The molecule has 3 aromatic rings. The van der Waals surface area contributed by atoms with Crippen LogP contribution in [0.1, 0.15) is 52.6 Å². The Morgan fingerprint density at radius 1 is 1.15 bits per heavy atom. The van der Waals surface area contributed by atoms with Gasteiger partial charge in [-0.05, 0) is 49.1 Å². The maximum absolute atomic E-state index is 13.3. The van der Waals surface area contributed by atoms with Gasteiger partial charge < -0.3 is 16.4 Å². The van der Waals surface area contributed by atoms with Crippen LogP contribution in [0.5, 0.6) is 0 Å². The van der Waals surface area contributed by atoms with Crippen molar-refractivity contribution in [1.82, 2.24) is 19.7 Å². The topological polar surface area (TPSA) is 119 Å². The molecule has 1 saturated heterocycles. The van der Waals surface area contributed by atoms with Gasteiger partial charge >= 0.3 is 0 Å². The molecule has 4 N–H and O–H groups in total. The number of benzene rings is 1. The highest BCUT2D eigenvalue weighted by molar-refractivity contribution is 6.07. The second-order valence-electron chi connectivity index (χ2n) is 9.84. The fourth-order valence-electron chi connectivity index (χ4n) is 5.94. The van der Waals surface area contributed by atoms with Gasteiger partial charge in [0, 0.05) is 38.3 Å². The molecule has 0 radical (unpaired) electrons. The van der Waals surface area contributed by atoms with Crippen molar-refractivity contribution in [3.8, 4) is 0 Å². The normalized spacial score (nSPS) is 20.9. The number of rotatable bonds is 2. The number of carbonyl (C=O) groups is 1. The van der Waals surface area contributed by atoms with Crippen molar-refractivity contribution >= 4 is 23.4 Å². The minimum Gasteiger partial charge on any atom is -0.382 e. The number of hydrogen-bond donors (Lipinski definition) is 2. The SMILES string of the molecule is Cc1cc2n(n1)CCCN2C(=O)c1ncc(N2CCC3(CC2)Cc2ccccc2[C@H]3N)nc1N. The summed E-state index contributed by atoms with van der Waals surface area (Å²) in [5.41, 5.74) is 16.8. The lowest BCUT2D eigenvalue weighted by Crippen LogP contribution is -2.44. The van der Waals surface area contributed by atoms with Crippen molar-refractivity contribution in [2.75, 3.05) is 35.2 Å². The standard InChI is InChI=1S/C25H30N8O/c1-16-13-20-32(9-4-10-33(20)30-16)24(34)21-23(27)29-19(15-28-21)31-11-7-25(8-12-31)14-17-5-2-3-6-18(17)22(25)26/h2-3,5-6,13,15,22H,4,7-12,14,26H2,1H3,(H2,27,29)/t22-/m1/s1. The van der Waals surface area contributed by atoms with E-state index in [1.54, 1.807) is 11.1 Å². The van der Waals surface area contributed by atoms with Crippen LogP contribution in [0.2, 0.25) is 0 Å². The van der Waals surface area contributed by atoms with E-state index >= 15 is 0 Å². The van der Waals surface area contributed by atoms with Gasteiger partial charge in [-0.3, -0.25) is 9.69 Å². The molecule has 1 atom stereocenters. The third-order valence-electron chi connectivity index (χ3n) is 7.82. The van der Waals surface area contributed by atoms with Crippen LogP contribution in [-0.4, -0.2) is 45.3 Å². The zero-order chi connectivity index (χ0) is 23.4. The average Bonchev–Trinajstić information content (AvgIpc) is 3.36. The Morgan fingerprint density at radius 3 is 2.71 bits per heavy atom. The Kier molecular flexibility index (Phi) is 4.84. The van der Waals surface area contributed by atoms with Crippen LogP contribution < -0.4 is 21.3 Å². The first kappa shape index (κ1) is 21.1. The van der Waals surface area contributed by atoms with Gasteiger partial charge in [0.25, 0.3) is 5.91 Å². The molecule has 0 bridgehead atoms. The van der Waals surface area contributed by atoms with Crippen molar-refractivity contribution in [2.45, 2.75) is 45.2 Å². The summed E-state index contributed by atoms with van der Waals surface area (Å²) < 4.78 is 1.87. The number of hydrogen-bond acceptors (Lipinski definition) is 7. The Labute approximate surface area is 198 Å². The Bertz CT molecular complexity index is 1260. The number of fused-ring (bicyclic) bond motifs is 2. The predicted molar refractivity (Wildman–Crippen MR) is 131 cm³/mol. The molecule has 176 valence electrons. The van der Waals surface area contributed by atoms with Gasteiger partial charge in [-0.1, -0.05) is 24.3 Å². The van der Waals surface area contributed by atoms with Crippen molar-refractivity contribution in [3.05, 3.63) is 59.0 Å². The molecule has 1 amide bonds. The number of nitrogen functional groups attached to an aromatic ring is 1. The molecular formula is C25H30N8O. The van der Waals surface area contributed by atoms with E-state index in [-0.39, 0.29) is 28.9 Å². The Hall–Kier alpha value is -3.46. The van der Waals surface area contributed by atoms with E-state index in [9.17, 15) is 4.79 Å². The number of aromatic nitrogens is 4. The van der Waals surface area contributed by atoms with Crippen molar-refractivity contribution in [2.24, 2.45) is 11.1 Å². The summed E-state index contributed by atoms with van der Waals surface area (Å²) in [7, 11) is 0. The van der Waals surface area contributed by atoms with Crippen LogP contribution in [0.15, 0.2) is 36.5 Å². The summed E-state index contributed by atoms with van der Waals surface area (Å²) in [4.78, 5) is 26.2. The van der Waals surface area contributed by atoms with Gasteiger partial charge in [0.15, 0.2) is 11.5 Å². The largest absolute Gasteiger partial charge is 0.382 e. The van der Waals surface area contributed by atoms with Crippen molar-refractivity contribution in [3.63, 3.8) is 0 Å². The highest BCUT2D eigenvalue weighted by Crippen LogP contribution is 2.50. The van der Waals surface area contributed by atoms with Gasteiger partial charge in [0.1, 0.15) is 11.6 Å². The quantitative estimate of drug-likeness (QED) is 0.605. The number of anilines is 3. The van der Waals surface area contributed by atoms with Crippen LogP contribution in [0.4, 0.5) is 17.5 Å². The number of piperidine rings is 1. The summed E-state index contributed by atoms with van der Waals surface area (Å²) in [6.45, 7) is 5.03. The highest BCUT2D eigenvalue weighted by Gasteiger charge is 2.46. The van der Waals surface area contributed by atoms with Crippen LogP contribution in [0.25, 0.3) is 0 Å². The van der Waals surface area contributed by atoms with Gasteiger partial charge in [0.05, 0.1) is 11.9 Å². The van der Waals surface area contributed by atoms with Crippen molar-refractivity contribution < 1.29 is 4.79 Å². The third-order valence-corrected chi connectivity index (χ3v) is 7.82. The third kappa shape index (κ3) is 3.26. The number of carbonyl (C=O) groups excluding carboxylic acids is 1. The molecule has 1 aliphatic carbocycles. The van der Waals surface area contributed by atoms with Crippen LogP contribution >= 0.6 is 0 Å². The summed E-state index contributed by atoms with van der Waals surface area (Å²) in [6, 6.07) is 10.5. The van der Waals surface area contributed by atoms with E-state index in [0.717, 1.165) is 56.8 Å². The lowest BCUT2D eigenvalue weighted by Gasteiger charge is -2.42. The zero-order valence-corrected chi connectivity index (χ0v) is 19.4. The second-order valence-corrected chi connectivity index (χ2v) is 9.84. The number of amides is 1. The molecule has 34 heavy (non-hydrogen) atoms. The Balaban J connectivity index is 1.18. The molecule has 4 heterocycles. The second kappa shape index (κ2) is 7.80. The summed E-state index contributed by atoms with van der Waals surface area (Å²) in [5.74, 6) is 1.44. The fourth-order valence-corrected chi connectivity index (χ4v) is 5.94. The van der Waals surface area contributed by atoms with Gasteiger partial charge in [0.2, 0.25) is 0 Å². The lowest BCUT2D eigenvalue weighted by atomic mass is 9.73. The highest BCUT2D eigenvalue weighted by atomic mass is 16.2. The Morgan fingerprint density at radius 2 is 1.94 bits per heavy atom. The van der Waals surface area contributed by atoms with Crippen molar-refractivity contribution in [1.29, 1.82) is 0 Å². The maximum atomic E-state index is 13.3. The molecule has 1 spiro atoms. The first-order valence-electron chi connectivity index (χ1n) is 12.0. The fraction of sp³-hybridized carbons (Fsp3) is 0.440. The first-order valence-corrected chi connectivity index (χ1v) is 12.0. The summed E-state index contributed by atoms with van der Waals surface area (Å²) in [6.07, 6.45) is 5.53. The minimum atomic E-state index is -0.232. The van der Waals surface area contributed by atoms with Crippen LogP contribution in [0, 0.1) is 12.3 Å². The number of nitrogens with zero attached hydrogens (tertiary/aromatic N) is 6. The monoisotopic (exact) mass is 458 g/mol. The van der Waals surface area contributed by atoms with E-state index in [1.807, 2.05) is 17.7 Å². The minimum absolute atomic E-state index is 0.0728. The number of aryl methyl sites for hydroxylation is 2.